The molecule has 3 fully saturated rings. The van der Waals surface area contributed by atoms with E-state index in [4.69, 9.17) is 46.9 Å². The highest BCUT2D eigenvalue weighted by Gasteiger charge is 2.54. The van der Waals surface area contributed by atoms with Crippen molar-refractivity contribution in [2.75, 3.05) is 52.8 Å². The molecule has 0 saturated carbocycles. The fourth-order valence-electron chi connectivity index (χ4n) is 7.88. The molecule has 28 nitrogen and oxygen atoms in total. The average Bonchev–Trinajstić information content (AvgIpc) is 3.38. The molecule has 76 heavy (non-hydrogen) atoms. The van der Waals surface area contributed by atoms with E-state index in [-0.39, 0.29) is 51.0 Å². The van der Waals surface area contributed by atoms with Crippen LogP contribution >= 0.6 is 7.82 Å². The maximum absolute atomic E-state index is 12.6. The largest absolute Gasteiger partial charge is 0.472 e. The van der Waals surface area contributed by atoms with Crippen LogP contribution in [-0.2, 0) is 75.5 Å². The number of Topliss-reactive ketones (excluding diaryl/α,β-unsaturated/α-hetero) is 1. The molecule has 0 aromatic heterocycles. The summed E-state index contributed by atoms with van der Waals surface area (Å²) in [7, 11) is -4.69. The molecule has 2 amide bonds. The summed E-state index contributed by atoms with van der Waals surface area (Å²) < 4.78 is 66.8. The number of rotatable bonds is 35. The Labute approximate surface area is 440 Å². The number of phosphoric ester groups is 1. The number of ether oxygens (including phenoxy) is 8. The number of hydrogen-bond acceptors (Lipinski definition) is 25. The summed E-state index contributed by atoms with van der Waals surface area (Å²) in [5.41, 5.74) is 0. The molecule has 0 aliphatic carbocycles. The normalized spacial score (nSPS) is 31.1. The van der Waals surface area contributed by atoms with Gasteiger partial charge in [-0.1, -0.05) is 38.2 Å². The molecule has 17 atom stereocenters. The van der Waals surface area contributed by atoms with Crippen LogP contribution in [0.3, 0.4) is 0 Å². The van der Waals surface area contributed by atoms with Crippen molar-refractivity contribution >= 4 is 37.4 Å². The Bertz CT molecular complexity index is 1860. The van der Waals surface area contributed by atoms with Gasteiger partial charge in [-0.3, -0.25) is 33.0 Å². The van der Waals surface area contributed by atoms with E-state index in [1.54, 1.807) is 24.3 Å². The Balaban J connectivity index is 1.39. The van der Waals surface area contributed by atoms with Gasteiger partial charge in [-0.05, 0) is 38.5 Å². The molecule has 0 radical (unpaired) electrons. The first kappa shape index (κ1) is 66.8. The maximum atomic E-state index is 12.6. The lowest BCUT2D eigenvalue weighted by Gasteiger charge is -2.48. The van der Waals surface area contributed by atoms with Crippen LogP contribution in [-0.4, -0.2) is 231 Å². The Hall–Kier alpha value is -3.46. The molecular formula is C47H79N2O26P. The van der Waals surface area contributed by atoms with E-state index in [0.29, 0.717) is 32.1 Å². The minimum atomic E-state index is -4.69. The van der Waals surface area contributed by atoms with Crippen molar-refractivity contribution in [3.63, 3.8) is 0 Å². The highest BCUT2D eigenvalue weighted by molar-refractivity contribution is 7.47. The van der Waals surface area contributed by atoms with E-state index < -0.39 is 169 Å². The summed E-state index contributed by atoms with van der Waals surface area (Å²) in [5, 5.41) is 99.3. The van der Waals surface area contributed by atoms with Crippen LogP contribution in [0, 0.1) is 0 Å². The number of esters is 2. The van der Waals surface area contributed by atoms with Gasteiger partial charge in [-0.25, -0.2) is 4.57 Å². The molecule has 3 heterocycles. The molecule has 0 spiro atoms. The number of carbonyl (C=O) groups excluding carboxylic acids is 5. The number of aliphatic hydroxyl groups excluding tert-OH is 9. The first-order valence-electron chi connectivity index (χ1n) is 25.3. The lowest BCUT2D eigenvalue weighted by atomic mass is 9.95. The Morgan fingerprint density at radius 3 is 1.80 bits per heavy atom. The number of hydrogen-bond donors (Lipinski definition) is 12. The summed E-state index contributed by atoms with van der Waals surface area (Å²) in [6.07, 6.45) is -15.2. The summed E-state index contributed by atoms with van der Waals surface area (Å²) in [6.45, 7) is 0.776. The predicted molar refractivity (Wildman–Crippen MR) is 258 cm³/mol. The topological polar surface area (TPSA) is 421 Å². The van der Waals surface area contributed by atoms with E-state index in [0.717, 1.165) is 13.3 Å². The summed E-state index contributed by atoms with van der Waals surface area (Å²) in [6, 6.07) is -1.34. The van der Waals surface area contributed by atoms with Crippen LogP contribution in [0.25, 0.3) is 0 Å². The van der Waals surface area contributed by atoms with Crippen molar-refractivity contribution in [3.8, 4) is 0 Å². The van der Waals surface area contributed by atoms with Crippen molar-refractivity contribution in [2.24, 2.45) is 0 Å². The van der Waals surface area contributed by atoms with E-state index in [1.807, 2.05) is 13.8 Å². The quantitative estimate of drug-likeness (QED) is 0.0133. The number of allylic oxidation sites excluding steroid dienone is 2. The number of ketones is 1. The monoisotopic (exact) mass is 1120 g/mol. The van der Waals surface area contributed by atoms with E-state index in [9.17, 15) is 79.4 Å². The van der Waals surface area contributed by atoms with E-state index in [2.05, 4.69) is 10.6 Å². The second kappa shape index (κ2) is 35.2. The van der Waals surface area contributed by atoms with Crippen molar-refractivity contribution < 1.29 is 126 Å². The van der Waals surface area contributed by atoms with E-state index in [1.165, 1.54) is 0 Å². The van der Waals surface area contributed by atoms with Crippen molar-refractivity contribution in [1.82, 2.24) is 10.6 Å². The van der Waals surface area contributed by atoms with Gasteiger partial charge in [0.15, 0.2) is 25.0 Å². The van der Waals surface area contributed by atoms with E-state index >= 15 is 0 Å². The Morgan fingerprint density at radius 2 is 1.18 bits per heavy atom. The molecule has 0 bridgehead atoms. The van der Waals surface area contributed by atoms with Crippen molar-refractivity contribution in [2.45, 2.75) is 190 Å². The molecule has 0 aromatic carbocycles. The van der Waals surface area contributed by atoms with Crippen LogP contribution in [0.15, 0.2) is 24.3 Å². The summed E-state index contributed by atoms with van der Waals surface area (Å²) in [4.78, 5) is 71.6. The third kappa shape index (κ3) is 22.7. The van der Waals surface area contributed by atoms with Gasteiger partial charge in [-0.2, -0.15) is 0 Å². The molecule has 3 aliphatic heterocycles. The molecule has 12 N–H and O–H groups in total. The number of phosphoric acid groups is 1. The predicted octanol–water partition coefficient (Wildman–Crippen LogP) is -2.69. The third-order valence-electron chi connectivity index (χ3n) is 11.9. The molecule has 3 aliphatic rings. The lowest BCUT2D eigenvalue weighted by Crippen LogP contribution is -2.68. The van der Waals surface area contributed by atoms with Gasteiger partial charge in [0.1, 0.15) is 85.6 Å². The smallest absolute Gasteiger partial charge is 0.461 e. The van der Waals surface area contributed by atoms with Gasteiger partial charge in [0.2, 0.25) is 11.8 Å². The van der Waals surface area contributed by atoms with Crippen LogP contribution in [0.5, 0.6) is 0 Å². The number of aliphatic hydroxyl groups is 9. The molecule has 8 unspecified atom stereocenters. The molecule has 3 rings (SSSR count). The summed E-state index contributed by atoms with van der Waals surface area (Å²) in [5.74, 6) is -2.40. The highest BCUT2D eigenvalue weighted by atomic mass is 31.2. The van der Waals surface area contributed by atoms with Crippen LogP contribution < -0.4 is 10.6 Å². The van der Waals surface area contributed by atoms with Gasteiger partial charge in [0.25, 0.3) is 0 Å². The fraction of sp³-hybridized carbons (Fsp3) is 0.809. The van der Waals surface area contributed by atoms with Gasteiger partial charge < -0.3 is 99.4 Å². The zero-order valence-corrected chi connectivity index (χ0v) is 43.8. The van der Waals surface area contributed by atoms with Gasteiger partial charge >= 0.3 is 19.8 Å². The number of unbranched alkanes of at least 4 members (excludes halogenated alkanes) is 2. The SMILES string of the molecule is CC/C=C\CC(=O)OCC(COP(=O)(O)OCCNC(=O)CCCCC(=O)CCCCO[C@@H]1OC(CO)[C@@H](O[C@@H]2OC(CO)[C@H](O)[C@H](O[C@@H]3OC(CO)[C@H](O)[C@H](O)C3O)C2O)[C@H](O)C1NC(C)=O)OC(=O)C/C=C\CC. The molecular weight excluding hydrogens is 1040 g/mol. The summed E-state index contributed by atoms with van der Waals surface area (Å²) >= 11 is 0. The number of amides is 2. The molecule has 438 valence electrons. The average molecular weight is 1120 g/mol. The highest BCUT2D eigenvalue weighted by Crippen LogP contribution is 2.43. The van der Waals surface area contributed by atoms with Gasteiger partial charge in [0.05, 0.1) is 45.9 Å². The Kier molecular flexibility index (Phi) is 31.0. The first-order chi connectivity index (χ1) is 36.2. The second-order valence-electron chi connectivity index (χ2n) is 18.0. The second-order valence-corrected chi connectivity index (χ2v) is 19.5. The van der Waals surface area contributed by atoms with Crippen LogP contribution in [0.2, 0.25) is 0 Å². The Morgan fingerprint density at radius 1 is 0.618 bits per heavy atom. The van der Waals surface area contributed by atoms with Crippen molar-refractivity contribution in [1.29, 1.82) is 0 Å². The maximum Gasteiger partial charge on any atom is 0.472 e. The van der Waals surface area contributed by atoms with Crippen LogP contribution in [0.4, 0.5) is 0 Å². The molecule has 0 aromatic rings. The zero-order valence-electron chi connectivity index (χ0n) is 42.9. The lowest BCUT2D eigenvalue weighted by molar-refractivity contribution is -0.376. The standard InChI is InChI=1S/C47H79N2O26P/c1-4-6-8-17-34(56)67-25-29(70-35(57)18-9-7-5-2)26-69-76(64,65)68-21-19-48-33(55)16-11-10-14-28(54)15-12-13-20-66-45-36(49-27(3)53)39(60)43(32(24-52)73-45)74-47-42(63)44(38(59)31(23-51)72-47)75-46-41(62)40(61)37(58)30(22-50)71-46/h6-9,29-32,36-47,50-52,58-63H,4-5,10-26H2,1-3H3,(H,48,55)(H,49,53)(H,64,65)/b8-6-,9-7-/t29?,30?,31?,32?,36?,37-,38-,39+,40-,41?,42?,43+,44-,45+,46-,47-/m0/s1. The van der Waals surface area contributed by atoms with Gasteiger partial charge in [0, 0.05) is 39.3 Å². The third-order valence-corrected chi connectivity index (χ3v) is 12.9. The zero-order chi connectivity index (χ0) is 56.4. The minimum Gasteiger partial charge on any atom is -0.461 e. The molecule has 3 saturated heterocycles. The van der Waals surface area contributed by atoms with Gasteiger partial charge in [-0.15, -0.1) is 0 Å². The first-order valence-corrected chi connectivity index (χ1v) is 26.8. The number of nitrogens with one attached hydrogen (secondary N) is 2. The van der Waals surface area contributed by atoms with Crippen molar-refractivity contribution in [3.05, 3.63) is 24.3 Å². The minimum absolute atomic E-state index is 0.0188. The number of carbonyl (C=O) groups is 5. The molecule has 29 heteroatoms. The fourth-order valence-corrected chi connectivity index (χ4v) is 8.63. The van der Waals surface area contributed by atoms with Crippen LogP contribution in [0.1, 0.15) is 91.4 Å².